The van der Waals surface area contributed by atoms with Crippen LogP contribution in [0.15, 0.2) is 0 Å². The monoisotopic (exact) mass is 239 g/mol. The van der Waals surface area contributed by atoms with Crippen LogP contribution in [0.5, 0.6) is 0 Å². The van der Waals surface area contributed by atoms with Crippen LogP contribution < -0.4 is 5.32 Å². The maximum atomic E-state index is 12.5. The highest BCUT2D eigenvalue weighted by atomic mass is 19.3. The molecule has 0 rings (SSSR count). The molecule has 0 aromatic carbocycles. The van der Waals surface area contributed by atoms with Crippen LogP contribution in [0.3, 0.4) is 0 Å². The van der Waals surface area contributed by atoms with Crippen molar-refractivity contribution in [2.24, 2.45) is 0 Å². The van der Waals surface area contributed by atoms with Crippen molar-refractivity contribution in [1.29, 1.82) is 0 Å². The highest BCUT2D eigenvalue weighted by Crippen LogP contribution is 2.17. The number of alkyl carbamates (subject to hydrolysis) is 1. The number of ether oxygens (including phenoxy) is 1. The van der Waals surface area contributed by atoms with Crippen LogP contribution in [0.4, 0.5) is 13.6 Å². The van der Waals surface area contributed by atoms with E-state index < -0.39 is 29.6 Å². The van der Waals surface area contributed by atoms with E-state index >= 15 is 0 Å². The molecule has 0 saturated heterocycles. The number of hydrogen-bond donors (Lipinski definition) is 2. The lowest BCUT2D eigenvalue weighted by molar-refractivity contribution is -0.150. The molecule has 1 unspecified atom stereocenters. The second-order valence-corrected chi connectivity index (χ2v) is 4.44. The summed E-state index contributed by atoms with van der Waals surface area (Å²) in [5, 5.41) is 10.2. The Labute approximate surface area is 91.8 Å². The fraction of sp³-hybridized carbons (Fsp3) is 0.778. The molecule has 0 radical (unpaired) electrons. The van der Waals surface area contributed by atoms with Crippen molar-refractivity contribution in [2.45, 2.75) is 45.3 Å². The molecule has 2 N–H and O–H groups in total. The topological polar surface area (TPSA) is 75.6 Å². The van der Waals surface area contributed by atoms with Gasteiger partial charge in [-0.2, -0.15) is 0 Å². The largest absolute Gasteiger partial charge is 0.479 e. The van der Waals surface area contributed by atoms with Crippen molar-refractivity contribution in [3.63, 3.8) is 0 Å². The summed E-state index contributed by atoms with van der Waals surface area (Å²) in [6, 6.07) is 0. The second-order valence-electron chi connectivity index (χ2n) is 4.44. The number of carboxylic acids is 1. The number of nitrogens with one attached hydrogen (secondary N) is 1. The van der Waals surface area contributed by atoms with Crippen LogP contribution in [0, 0.1) is 0 Å². The van der Waals surface area contributed by atoms with Gasteiger partial charge in [-0.15, -0.1) is 0 Å². The van der Waals surface area contributed by atoms with Crippen molar-refractivity contribution in [3.8, 4) is 0 Å². The second kappa shape index (κ2) is 4.63. The third kappa shape index (κ3) is 4.00. The molecule has 0 fully saturated rings. The van der Waals surface area contributed by atoms with E-state index in [0.717, 1.165) is 0 Å². The third-order valence-corrected chi connectivity index (χ3v) is 1.64. The number of carboxylic acid groups (broad SMARTS) is 1. The summed E-state index contributed by atoms with van der Waals surface area (Å²) in [4.78, 5) is 21.8. The predicted molar refractivity (Wildman–Crippen MR) is 51.4 cm³/mol. The lowest BCUT2D eigenvalue weighted by Gasteiger charge is -2.27. The Hall–Kier alpha value is -1.40. The van der Waals surface area contributed by atoms with Gasteiger partial charge in [-0.25, -0.2) is 18.4 Å². The van der Waals surface area contributed by atoms with Gasteiger partial charge in [0, 0.05) is 0 Å². The Morgan fingerprint density at radius 1 is 1.25 bits per heavy atom. The minimum absolute atomic E-state index is 0.712. The molecule has 0 bridgehead atoms. The molecule has 1 amide bonds. The van der Waals surface area contributed by atoms with Gasteiger partial charge in [0.05, 0.1) is 0 Å². The first-order valence-electron chi connectivity index (χ1n) is 4.52. The fourth-order valence-corrected chi connectivity index (χ4v) is 0.717. The Balaban J connectivity index is 4.68. The van der Waals surface area contributed by atoms with E-state index in [4.69, 9.17) is 5.11 Å². The highest BCUT2D eigenvalue weighted by molar-refractivity contribution is 5.84. The van der Waals surface area contributed by atoms with Gasteiger partial charge >= 0.3 is 12.1 Å². The molecule has 1 atom stereocenters. The van der Waals surface area contributed by atoms with E-state index in [1.165, 1.54) is 20.8 Å². The summed E-state index contributed by atoms with van der Waals surface area (Å²) in [5.41, 5.74) is -3.53. The molecule has 94 valence electrons. The van der Waals surface area contributed by atoms with Crippen LogP contribution in [-0.2, 0) is 9.53 Å². The first-order valence-corrected chi connectivity index (χ1v) is 4.52. The first kappa shape index (κ1) is 14.6. The van der Waals surface area contributed by atoms with Crippen LogP contribution in [-0.4, -0.2) is 34.7 Å². The van der Waals surface area contributed by atoms with E-state index in [0.29, 0.717) is 6.92 Å². The zero-order valence-corrected chi connectivity index (χ0v) is 9.51. The van der Waals surface area contributed by atoms with Gasteiger partial charge < -0.3 is 15.2 Å². The Morgan fingerprint density at radius 3 is 1.94 bits per heavy atom. The fourth-order valence-electron chi connectivity index (χ4n) is 0.717. The molecule has 7 heteroatoms. The summed E-state index contributed by atoms with van der Waals surface area (Å²) in [6.07, 6.45) is -4.43. The zero-order valence-electron chi connectivity index (χ0n) is 9.51. The maximum Gasteiger partial charge on any atom is 0.408 e. The lowest BCUT2D eigenvalue weighted by atomic mass is 10.0. The first-order chi connectivity index (χ1) is 6.99. The number of carbonyl (C=O) groups is 2. The molecule has 0 aromatic rings. The van der Waals surface area contributed by atoms with Crippen LogP contribution in [0.2, 0.25) is 0 Å². The number of alkyl halides is 2. The van der Waals surface area contributed by atoms with Gasteiger partial charge in [-0.3, -0.25) is 0 Å². The summed E-state index contributed by atoms with van der Waals surface area (Å²) < 4.78 is 29.6. The van der Waals surface area contributed by atoms with Crippen molar-refractivity contribution in [1.82, 2.24) is 5.32 Å². The van der Waals surface area contributed by atoms with Crippen molar-refractivity contribution < 1.29 is 28.2 Å². The summed E-state index contributed by atoms with van der Waals surface area (Å²) >= 11 is 0. The van der Waals surface area contributed by atoms with E-state index in [2.05, 4.69) is 4.74 Å². The minimum atomic E-state index is -3.24. The predicted octanol–water partition coefficient (Wildman–Crippen LogP) is 1.62. The van der Waals surface area contributed by atoms with Gasteiger partial charge in [0.1, 0.15) is 5.60 Å². The Kier molecular flexibility index (Phi) is 4.22. The molecule has 5 nitrogen and oxygen atoms in total. The molecule has 0 aliphatic carbocycles. The van der Waals surface area contributed by atoms with E-state index in [-0.39, 0.29) is 0 Å². The van der Waals surface area contributed by atoms with Crippen LogP contribution in [0.1, 0.15) is 27.7 Å². The molecule has 0 aliphatic rings. The number of rotatable bonds is 3. The number of aliphatic carboxylic acids is 1. The summed E-state index contributed by atoms with van der Waals surface area (Å²) in [6.45, 7) is 5.32. The van der Waals surface area contributed by atoms with Crippen LogP contribution in [0.25, 0.3) is 0 Å². The van der Waals surface area contributed by atoms with Gasteiger partial charge in [0.2, 0.25) is 0 Å². The smallest absolute Gasteiger partial charge is 0.408 e. The normalized spacial score (nSPS) is 15.4. The molecule has 0 aliphatic heterocycles. The van der Waals surface area contributed by atoms with E-state index in [9.17, 15) is 18.4 Å². The number of amides is 1. The number of halogens is 2. The number of hydrogen-bond acceptors (Lipinski definition) is 3. The average molecular weight is 239 g/mol. The van der Waals surface area contributed by atoms with Crippen molar-refractivity contribution in [3.05, 3.63) is 0 Å². The quantitative estimate of drug-likeness (QED) is 0.784. The standard InChI is InChI=1S/C9H15F2NO4/c1-8(2,3)16-7(15)12-9(4,5(10)11)6(13)14/h5H,1-4H3,(H,12,15)(H,13,14). The van der Waals surface area contributed by atoms with Crippen molar-refractivity contribution >= 4 is 12.1 Å². The summed E-state index contributed by atoms with van der Waals surface area (Å²) in [5.74, 6) is -1.83. The third-order valence-electron chi connectivity index (χ3n) is 1.64. The van der Waals surface area contributed by atoms with Gasteiger partial charge in [0.15, 0.2) is 5.54 Å². The van der Waals surface area contributed by atoms with E-state index in [1.54, 1.807) is 5.32 Å². The highest BCUT2D eigenvalue weighted by Gasteiger charge is 2.45. The maximum absolute atomic E-state index is 12.5. The molecular weight excluding hydrogens is 224 g/mol. The summed E-state index contributed by atoms with van der Waals surface area (Å²) in [7, 11) is 0. The van der Waals surface area contributed by atoms with Crippen LogP contribution >= 0.6 is 0 Å². The molecule has 0 heterocycles. The minimum Gasteiger partial charge on any atom is -0.479 e. The molecule has 16 heavy (non-hydrogen) atoms. The SMILES string of the molecule is CC(C)(C)OC(=O)NC(C)(C(=O)O)C(F)F. The van der Waals surface area contributed by atoms with E-state index in [1.807, 2.05) is 0 Å². The zero-order chi connectivity index (χ0) is 13.1. The van der Waals surface area contributed by atoms with Gasteiger partial charge in [-0.1, -0.05) is 0 Å². The molecule has 0 aromatic heterocycles. The molecular formula is C9H15F2NO4. The van der Waals surface area contributed by atoms with Crippen molar-refractivity contribution in [2.75, 3.05) is 0 Å². The molecule has 0 saturated carbocycles. The van der Waals surface area contributed by atoms with Gasteiger partial charge in [-0.05, 0) is 27.7 Å². The lowest BCUT2D eigenvalue weighted by Crippen LogP contribution is -2.58. The Bertz CT molecular complexity index is 288. The average Bonchev–Trinajstić information content (AvgIpc) is 1.98. The Morgan fingerprint density at radius 2 is 1.69 bits per heavy atom. The number of carbonyl (C=O) groups excluding carboxylic acids is 1. The molecule has 0 spiro atoms. The van der Waals surface area contributed by atoms with Gasteiger partial charge in [0.25, 0.3) is 6.43 Å².